The third-order valence-corrected chi connectivity index (χ3v) is 1.64. The third-order valence-electron chi connectivity index (χ3n) is 1.64. The Labute approximate surface area is 64.6 Å². The first kappa shape index (κ1) is 9.48. The fourth-order valence-electron chi connectivity index (χ4n) is 0.934. The van der Waals surface area contributed by atoms with Gasteiger partial charge in [-0.05, 0) is 26.7 Å². The van der Waals surface area contributed by atoms with E-state index in [0.29, 0.717) is 0 Å². The average molecular weight is 138 g/mol. The topological polar surface area (TPSA) is 0 Å². The molecule has 0 aliphatic rings. The molecule has 0 atom stereocenters. The number of rotatable bonds is 3. The molecule has 0 saturated carbocycles. The molecule has 0 aliphatic heterocycles. The summed E-state index contributed by atoms with van der Waals surface area (Å²) in [6, 6.07) is 0. The van der Waals surface area contributed by atoms with Gasteiger partial charge in [0.2, 0.25) is 0 Å². The van der Waals surface area contributed by atoms with Gasteiger partial charge in [-0.25, -0.2) is 0 Å². The minimum absolute atomic E-state index is 1.14. The molecule has 0 spiro atoms. The molecule has 0 saturated heterocycles. The summed E-state index contributed by atoms with van der Waals surface area (Å²) in [7, 11) is 0. The fraction of sp³-hybridized carbons (Fsp3) is 0.600. The van der Waals surface area contributed by atoms with E-state index in [9.17, 15) is 0 Å². The maximum Gasteiger partial charge on any atom is -0.0374 e. The van der Waals surface area contributed by atoms with Crippen molar-refractivity contribution in [1.82, 2.24) is 0 Å². The molecule has 0 heteroatoms. The molecule has 58 valence electrons. The van der Waals surface area contributed by atoms with Crippen LogP contribution >= 0.6 is 0 Å². The van der Waals surface area contributed by atoms with Crippen molar-refractivity contribution in [3.8, 4) is 0 Å². The van der Waals surface area contributed by atoms with E-state index in [1.807, 2.05) is 0 Å². The average Bonchev–Trinajstić information content (AvgIpc) is 1.89. The highest BCUT2D eigenvalue weighted by Gasteiger charge is 1.88. The Morgan fingerprint density at radius 3 is 1.40 bits per heavy atom. The first-order chi connectivity index (χ1) is 4.72. The molecule has 0 unspecified atom stereocenters. The Hall–Kier alpha value is -0.520. The lowest BCUT2D eigenvalue weighted by molar-refractivity contribution is 1.14. The lowest BCUT2D eigenvalue weighted by Crippen LogP contribution is -1.78. The number of allylic oxidation sites excluding steroid dienone is 4. The smallest absolute Gasteiger partial charge is 0.0374 e. The summed E-state index contributed by atoms with van der Waals surface area (Å²) < 4.78 is 0. The van der Waals surface area contributed by atoms with Crippen molar-refractivity contribution in [3.05, 3.63) is 23.3 Å². The van der Waals surface area contributed by atoms with E-state index in [-0.39, 0.29) is 0 Å². The van der Waals surface area contributed by atoms with Crippen molar-refractivity contribution in [2.75, 3.05) is 0 Å². The summed E-state index contributed by atoms with van der Waals surface area (Å²) in [6.07, 6.45) is 6.81. The highest BCUT2D eigenvalue weighted by Crippen LogP contribution is 2.09. The summed E-state index contributed by atoms with van der Waals surface area (Å²) in [5.74, 6) is 0. The molecule has 0 heterocycles. The predicted molar refractivity (Wildman–Crippen MR) is 48.1 cm³/mol. The molecule has 0 aromatic rings. The first-order valence-corrected chi connectivity index (χ1v) is 4.06. The van der Waals surface area contributed by atoms with Crippen LogP contribution in [0.15, 0.2) is 23.3 Å². The Balaban J connectivity index is 4.06. The monoisotopic (exact) mass is 138 g/mol. The fourth-order valence-corrected chi connectivity index (χ4v) is 0.934. The van der Waals surface area contributed by atoms with Gasteiger partial charge in [-0.15, -0.1) is 0 Å². The Bertz CT molecular complexity index is 120. The zero-order chi connectivity index (χ0) is 7.98. The number of hydrogen-bond acceptors (Lipinski definition) is 0. The summed E-state index contributed by atoms with van der Waals surface area (Å²) in [4.78, 5) is 0. The van der Waals surface area contributed by atoms with Crippen molar-refractivity contribution in [2.45, 2.75) is 40.5 Å². The zero-order valence-corrected chi connectivity index (χ0v) is 7.57. The highest BCUT2D eigenvalue weighted by atomic mass is 13.9. The predicted octanol–water partition coefficient (Wildman–Crippen LogP) is 3.70. The maximum atomic E-state index is 2.27. The van der Waals surface area contributed by atoms with Gasteiger partial charge in [0.1, 0.15) is 0 Å². The molecule has 0 rings (SSSR count). The molecule has 0 aliphatic carbocycles. The van der Waals surface area contributed by atoms with Gasteiger partial charge in [0, 0.05) is 0 Å². The van der Waals surface area contributed by atoms with Gasteiger partial charge in [0.15, 0.2) is 0 Å². The normalized spacial score (nSPS) is 14.0. The summed E-state index contributed by atoms with van der Waals surface area (Å²) in [5.41, 5.74) is 2.84. The van der Waals surface area contributed by atoms with Crippen LogP contribution in [0.2, 0.25) is 0 Å². The van der Waals surface area contributed by atoms with E-state index in [0.717, 1.165) is 12.8 Å². The maximum absolute atomic E-state index is 2.27. The third kappa shape index (κ3) is 3.49. The van der Waals surface area contributed by atoms with E-state index >= 15 is 0 Å². The molecule has 0 amide bonds. The molecular formula is C10H18. The first-order valence-electron chi connectivity index (χ1n) is 4.06. The van der Waals surface area contributed by atoms with Crippen LogP contribution in [0.5, 0.6) is 0 Å². The van der Waals surface area contributed by atoms with Crippen molar-refractivity contribution >= 4 is 0 Å². The van der Waals surface area contributed by atoms with Crippen LogP contribution in [0.3, 0.4) is 0 Å². The van der Waals surface area contributed by atoms with Crippen molar-refractivity contribution in [2.24, 2.45) is 0 Å². The molecule has 0 nitrogen and oxygen atoms in total. The van der Waals surface area contributed by atoms with Gasteiger partial charge in [-0.1, -0.05) is 37.1 Å². The summed E-state index contributed by atoms with van der Waals surface area (Å²) in [6.45, 7) is 8.68. The molecule has 10 heavy (non-hydrogen) atoms. The molecule has 0 aromatic carbocycles. The van der Waals surface area contributed by atoms with Crippen LogP contribution in [0.4, 0.5) is 0 Å². The molecular weight excluding hydrogens is 120 g/mol. The molecule has 0 bridgehead atoms. The second-order valence-electron chi connectivity index (χ2n) is 2.59. The van der Waals surface area contributed by atoms with Crippen LogP contribution in [-0.4, -0.2) is 0 Å². The van der Waals surface area contributed by atoms with Gasteiger partial charge < -0.3 is 0 Å². The van der Waals surface area contributed by atoms with Crippen LogP contribution < -0.4 is 0 Å². The van der Waals surface area contributed by atoms with Crippen LogP contribution in [0.1, 0.15) is 40.5 Å². The van der Waals surface area contributed by atoms with Crippen LogP contribution in [0.25, 0.3) is 0 Å². The van der Waals surface area contributed by atoms with Gasteiger partial charge >= 0.3 is 0 Å². The van der Waals surface area contributed by atoms with E-state index in [2.05, 4.69) is 39.8 Å². The second-order valence-corrected chi connectivity index (χ2v) is 2.59. The van der Waals surface area contributed by atoms with Gasteiger partial charge in [-0.2, -0.15) is 0 Å². The minimum Gasteiger partial charge on any atom is -0.0816 e. The SMILES string of the molecule is CCC=C(C)/C(C)=C/CC. The number of hydrogen-bond donors (Lipinski definition) is 0. The van der Waals surface area contributed by atoms with Gasteiger partial charge in [0.05, 0.1) is 0 Å². The highest BCUT2D eigenvalue weighted by molar-refractivity contribution is 5.26. The molecule has 0 N–H and O–H groups in total. The molecule has 0 fully saturated rings. The van der Waals surface area contributed by atoms with Crippen molar-refractivity contribution < 1.29 is 0 Å². The van der Waals surface area contributed by atoms with Crippen molar-refractivity contribution in [1.29, 1.82) is 0 Å². The summed E-state index contributed by atoms with van der Waals surface area (Å²) >= 11 is 0. The van der Waals surface area contributed by atoms with E-state index in [4.69, 9.17) is 0 Å². The standard InChI is InChI=1S/C10H18/c1-5-7-9(3)10(4)8-6-2/h7-8H,5-6H2,1-4H3/b9-7+,10-8?. The lowest BCUT2D eigenvalue weighted by Gasteiger charge is -1.98. The van der Waals surface area contributed by atoms with Gasteiger partial charge in [-0.3, -0.25) is 0 Å². The summed E-state index contributed by atoms with van der Waals surface area (Å²) in [5, 5.41) is 0. The second kappa shape index (κ2) is 5.28. The quantitative estimate of drug-likeness (QED) is 0.522. The lowest BCUT2D eigenvalue weighted by atomic mass is 10.1. The van der Waals surface area contributed by atoms with Crippen LogP contribution in [0, 0.1) is 0 Å². The Kier molecular flexibility index (Phi) is 5.00. The van der Waals surface area contributed by atoms with Crippen molar-refractivity contribution in [3.63, 3.8) is 0 Å². The molecule has 0 aromatic heterocycles. The van der Waals surface area contributed by atoms with E-state index in [1.165, 1.54) is 11.1 Å². The van der Waals surface area contributed by atoms with Crippen LogP contribution in [-0.2, 0) is 0 Å². The van der Waals surface area contributed by atoms with E-state index in [1.54, 1.807) is 0 Å². The van der Waals surface area contributed by atoms with Gasteiger partial charge in [0.25, 0.3) is 0 Å². The minimum atomic E-state index is 1.14. The van der Waals surface area contributed by atoms with E-state index < -0.39 is 0 Å². The Morgan fingerprint density at radius 1 is 0.900 bits per heavy atom. The molecule has 0 radical (unpaired) electrons. The largest absolute Gasteiger partial charge is 0.0816 e. The Morgan fingerprint density at radius 2 is 1.20 bits per heavy atom. The zero-order valence-electron chi connectivity index (χ0n) is 7.57.